The van der Waals surface area contributed by atoms with E-state index >= 15 is 0 Å². The number of aryl methyl sites for hydroxylation is 1. The maximum atomic E-state index is 6.33. The molecule has 1 aromatic heterocycles. The molecule has 3 aromatic rings. The largest absolute Gasteiger partial charge is 0.294 e. The van der Waals surface area contributed by atoms with Gasteiger partial charge >= 0.3 is 0 Å². The molecule has 0 saturated carbocycles. The van der Waals surface area contributed by atoms with Gasteiger partial charge in [-0.15, -0.1) is 11.6 Å². The van der Waals surface area contributed by atoms with Crippen molar-refractivity contribution in [1.82, 2.24) is 9.55 Å². The van der Waals surface area contributed by atoms with Crippen LogP contribution in [-0.4, -0.2) is 9.55 Å². The maximum Gasteiger partial charge on any atom is 0.132 e. The summed E-state index contributed by atoms with van der Waals surface area (Å²) >= 11 is 16.1. The molecule has 2 aromatic carbocycles. The molecule has 0 aliphatic carbocycles. The van der Waals surface area contributed by atoms with Crippen LogP contribution < -0.4 is 0 Å². The van der Waals surface area contributed by atoms with Crippen molar-refractivity contribution in [2.24, 2.45) is 0 Å². The summed E-state index contributed by atoms with van der Waals surface area (Å²) in [5, 5.41) is 0.477. The van der Waals surface area contributed by atoms with Gasteiger partial charge < -0.3 is 0 Å². The van der Waals surface area contributed by atoms with E-state index in [-0.39, 0.29) is 5.38 Å². The van der Waals surface area contributed by atoms with Crippen molar-refractivity contribution in [3.63, 3.8) is 0 Å². The molecule has 108 valence electrons. The summed E-state index contributed by atoms with van der Waals surface area (Å²) in [4.78, 5) is 4.65. The van der Waals surface area contributed by atoms with Crippen molar-refractivity contribution in [1.29, 1.82) is 0 Å². The van der Waals surface area contributed by atoms with Crippen LogP contribution >= 0.6 is 39.1 Å². The van der Waals surface area contributed by atoms with Gasteiger partial charge in [-0.1, -0.05) is 23.7 Å². The fraction of sp³-hybridized carbons (Fsp3) is 0.188. The normalized spacial score (nSPS) is 12.8. The second kappa shape index (κ2) is 5.64. The summed E-state index contributed by atoms with van der Waals surface area (Å²) in [5.74, 6) is 0.806. The molecule has 0 N–H and O–H groups in total. The summed E-state index contributed by atoms with van der Waals surface area (Å²) in [6.45, 7) is 3.98. The first-order valence-corrected chi connectivity index (χ1v) is 8.17. The predicted molar refractivity (Wildman–Crippen MR) is 92.8 cm³/mol. The van der Waals surface area contributed by atoms with Crippen LogP contribution in [0.1, 0.15) is 23.7 Å². The molecular weight excluding hydrogens is 371 g/mol. The Morgan fingerprint density at radius 1 is 1.24 bits per heavy atom. The van der Waals surface area contributed by atoms with Gasteiger partial charge in [0, 0.05) is 9.50 Å². The van der Waals surface area contributed by atoms with Crippen molar-refractivity contribution in [2.45, 2.75) is 19.2 Å². The zero-order valence-electron chi connectivity index (χ0n) is 11.6. The van der Waals surface area contributed by atoms with E-state index in [0.717, 1.165) is 32.6 Å². The number of benzene rings is 2. The Balaban J connectivity index is 2.41. The molecule has 0 fully saturated rings. The number of hydrogen-bond acceptors (Lipinski definition) is 1. The van der Waals surface area contributed by atoms with E-state index in [1.807, 2.05) is 37.3 Å². The first-order valence-electron chi connectivity index (χ1n) is 6.56. The van der Waals surface area contributed by atoms with Crippen molar-refractivity contribution in [3.8, 4) is 5.69 Å². The molecule has 1 atom stereocenters. The molecule has 21 heavy (non-hydrogen) atoms. The lowest BCUT2D eigenvalue weighted by molar-refractivity contribution is 0.879. The molecule has 0 amide bonds. The third-order valence-electron chi connectivity index (χ3n) is 3.41. The van der Waals surface area contributed by atoms with Crippen LogP contribution in [-0.2, 0) is 0 Å². The van der Waals surface area contributed by atoms with Gasteiger partial charge in [0.2, 0.25) is 0 Å². The van der Waals surface area contributed by atoms with E-state index in [0.29, 0.717) is 5.02 Å². The SMILES string of the molecule is Cc1cccc(-n2c(C(C)Cl)nc3ccc(Cl)cc32)c1Br. The van der Waals surface area contributed by atoms with Gasteiger partial charge in [-0.05, 0) is 59.6 Å². The summed E-state index contributed by atoms with van der Waals surface area (Å²) in [6, 6.07) is 11.8. The van der Waals surface area contributed by atoms with E-state index in [1.165, 1.54) is 0 Å². The highest BCUT2D eigenvalue weighted by atomic mass is 79.9. The lowest BCUT2D eigenvalue weighted by Gasteiger charge is -2.14. The smallest absolute Gasteiger partial charge is 0.132 e. The van der Waals surface area contributed by atoms with Crippen LogP contribution in [0.3, 0.4) is 0 Å². The average Bonchev–Trinajstić information content (AvgIpc) is 2.80. The zero-order chi connectivity index (χ0) is 15.1. The lowest BCUT2D eigenvalue weighted by Crippen LogP contribution is -2.03. The molecule has 2 nitrogen and oxygen atoms in total. The van der Waals surface area contributed by atoms with Gasteiger partial charge in [-0.25, -0.2) is 4.98 Å². The fourth-order valence-corrected chi connectivity index (χ4v) is 3.15. The Bertz CT molecular complexity index is 825. The molecule has 5 heteroatoms. The van der Waals surface area contributed by atoms with E-state index in [4.69, 9.17) is 23.2 Å². The molecule has 0 aliphatic rings. The van der Waals surface area contributed by atoms with Crippen LogP contribution in [0.4, 0.5) is 0 Å². The maximum absolute atomic E-state index is 6.33. The number of halogens is 3. The van der Waals surface area contributed by atoms with Gasteiger partial charge in [-0.3, -0.25) is 4.57 Å². The number of aromatic nitrogens is 2. The number of hydrogen-bond donors (Lipinski definition) is 0. The van der Waals surface area contributed by atoms with Gasteiger partial charge in [-0.2, -0.15) is 0 Å². The molecular formula is C16H13BrCl2N2. The molecule has 3 rings (SSSR count). The molecule has 1 unspecified atom stereocenters. The second-order valence-corrected chi connectivity index (χ2v) is 6.85. The summed E-state index contributed by atoms with van der Waals surface area (Å²) in [7, 11) is 0. The van der Waals surface area contributed by atoms with Crippen LogP contribution in [0.15, 0.2) is 40.9 Å². The standard InChI is InChI=1S/C16H13BrCl2N2/c1-9-4-3-5-13(15(9)17)21-14-8-11(19)6-7-12(14)20-16(21)10(2)18/h3-8,10H,1-2H3. The second-order valence-electron chi connectivity index (χ2n) is 4.96. The third kappa shape index (κ3) is 2.59. The molecule has 0 saturated heterocycles. The molecule has 0 spiro atoms. The number of nitrogens with zero attached hydrogens (tertiary/aromatic N) is 2. The fourth-order valence-electron chi connectivity index (χ4n) is 2.39. The minimum absolute atomic E-state index is 0.205. The van der Waals surface area contributed by atoms with E-state index < -0.39 is 0 Å². The molecule has 0 radical (unpaired) electrons. The minimum atomic E-state index is -0.205. The van der Waals surface area contributed by atoms with Crippen molar-refractivity contribution < 1.29 is 0 Å². The zero-order valence-corrected chi connectivity index (χ0v) is 14.7. The van der Waals surface area contributed by atoms with E-state index in [9.17, 15) is 0 Å². The van der Waals surface area contributed by atoms with Crippen LogP contribution in [0.25, 0.3) is 16.7 Å². The number of imidazole rings is 1. The van der Waals surface area contributed by atoms with Gasteiger partial charge in [0.1, 0.15) is 5.82 Å². The Morgan fingerprint density at radius 3 is 2.71 bits per heavy atom. The Labute approximate surface area is 141 Å². The van der Waals surface area contributed by atoms with Crippen LogP contribution in [0, 0.1) is 6.92 Å². The Hall–Kier alpha value is -1.03. The molecule has 0 aliphatic heterocycles. The number of rotatable bonds is 2. The van der Waals surface area contributed by atoms with Gasteiger partial charge in [0.05, 0.1) is 22.1 Å². The molecule has 1 heterocycles. The van der Waals surface area contributed by atoms with Crippen molar-refractivity contribution >= 4 is 50.2 Å². The van der Waals surface area contributed by atoms with Gasteiger partial charge in [0.15, 0.2) is 0 Å². The highest BCUT2D eigenvalue weighted by molar-refractivity contribution is 9.10. The predicted octanol–water partition coefficient (Wildman–Crippen LogP) is 6.05. The molecule has 0 bridgehead atoms. The summed E-state index contributed by atoms with van der Waals surface area (Å²) < 4.78 is 3.10. The first kappa shape index (κ1) is 14.9. The van der Waals surface area contributed by atoms with E-state index in [1.54, 1.807) is 0 Å². The topological polar surface area (TPSA) is 17.8 Å². The first-order chi connectivity index (χ1) is 9.99. The Kier molecular flexibility index (Phi) is 4.00. The number of alkyl halides is 1. The van der Waals surface area contributed by atoms with Crippen LogP contribution in [0.5, 0.6) is 0 Å². The highest BCUT2D eigenvalue weighted by Crippen LogP contribution is 2.33. The monoisotopic (exact) mass is 382 g/mol. The van der Waals surface area contributed by atoms with Gasteiger partial charge in [0.25, 0.3) is 0 Å². The quantitative estimate of drug-likeness (QED) is 0.492. The van der Waals surface area contributed by atoms with Crippen molar-refractivity contribution in [3.05, 3.63) is 57.3 Å². The third-order valence-corrected chi connectivity index (χ3v) is 4.87. The summed E-state index contributed by atoms with van der Waals surface area (Å²) in [5.41, 5.74) is 4.01. The number of fused-ring (bicyclic) bond motifs is 1. The highest BCUT2D eigenvalue weighted by Gasteiger charge is 2.18. The average molecular weight is 384 g/mol. The summed E-state index contributed by atoms with van der Waals surface area (Å²) in [6.07, 6.45) is 0. The lowest BCUT2D eigenvalue weighted by atomic mass is 10.2. The Morgan fingerprint density at radius 2 is 2.00 bits per heavy atom. The van der Waals surface area contributed by atoms with Crippen LogP contribution in [0.2, 0.25) is 5.02 Å². The minimum Gasteiger partial charge on any atom is -0.294 e. The van der Waals surface area contributed by atoms with E-state index in [2.05, 4.69) is 38.5 Å². The van der Waals surface area contributed by atoms with Crippen molar-refractivity contribution in [2.75, 3.05) is 0 Å².